The number of carbonyl (C=O) groups is 2. The highest BCUT2D eigenvalue weighted by molar-refractivity contribution is 5.70. The molecule has 1 amide bonds. The third-order valence-corrected chi connectivity index (χ3v) is 3.26. The van der Waals surface area contributed by atoms with Gasteiger partial charge in [0.25, 0.3) is 6.47 Å². The fourth-order valence-corrected chi connectivity index (χ4v) is 2.38. The van der Waals surface area contributed by atoms with Crippen LogP contribution in [0.5, 0.6) is 0 Å². The van der Waals surface area contributed by atoms with Crippen molar-refractivity contribution in [2.45, 2.75) is 52.0 Å². The van der Waals surface area contributed by atoms with Crippen LogP contribution in [0.4, 0.5) is 4.79 Å². The molecule has 0 spiro atoms. The summed E-state index contributed by atoms with van der Waals surface area (Å²) >= 11 is 0. The summed E-state index contributed by atoms with van der Waals surface area (Å²) in [6, 6.07) is 9.80. The second kappa shape index (κ2) is 7.46. The first-order valence-corrected chi connectivity index (χ1v) is 7.41. The lowest BCUT2D eigenvalue weighted by atomic mass is 10.1. The highest BCUT2D eigenvalue weighted by atomic mass is 16.6. The Morgan fingerprint density at radius 3 is 2.35 bits per heavy atom. The lowest BCUT2D eigenvalue weighted by molar-refractivity contribution is -0.122. The van der Waals surface area contributed by atoms with E-state index in [4.69, 9.17) is 19.4 Å². The van der Waals surface area contributed by atoms with Gasteiger partial charge in [-0.25, -0.2) is 4.79 Å². The van der Waals surface area contributed by atoms with Crippen LogP contribution in [0.15, 0.2) is 30.3 Å². The molecule has 23 heavy (non-hydrogen) atoms. The topological polar surface area (TPSA) is 76.1 Å². The average Bonchev–Trinajstić information content (AvgIpc) is 2.74. The summed E-state index contributed by atoms with van der Waals surface area (Å²) < 4.78 is 11.3. The summed E-state index contributed by atoms with van der Waals surface area (Å²) in [6.45, 7) is 9.61. The standard InChI is InChI=1S/C16H23NO3.CH2O2/c1-15(2,3)20-14(18)17-13(11-19-16(17,4)5)12-9-7-6-8-10-12;2-1-3/h6-10,13H,11H2,1-5H3;1H,(H,2,3). The van der Waals surface area contributed by atoms with Crippen LogP contribution >= 0.6 is 0 Å². The molecule has 0 bridgehead atoms. The Hall–Kier alpha value is -2.08. The molecule has 1 aromatic rings. The summed E-state index contributed by atoms with van der Waals surface area (Å²) in [4.78, 5) is 22.5. The zero-order chi connectivity index (χ0) is 17.7. The molecular weight excluding hydrogens is 298 g/mol. The largest absolute Gasteiger partial charge is 0.483 e. The normalized spacial score (nSPS) is 19.5. The summed E-state index contributed by atoms with van der Waals surface area (Å²) in [6.07, 6.45) is -0.339. The number of carbonyl (C=O) groups excluding carboxylic acids is 1. The summed E-state index contributed by atoms with van der Waals surface area (Å²) in [5, 5.41) is 6.89. The molecular formula is C17H25NO5. The van der Waals surface area contributed by atoms with Crippen molar-refractivity contribution in [1.82, 2.24) is 4.90 Å². The number of carboxylic acid groups (broad SMARTS) is 1. The molecule has 1 aliphatic rings. The van der Waals surface area contributed by atoms with Gasteiger partial charge in [-0.05, 0) is 40.2 Å². The molecule has 2 rings (SSSR count). The molecule has 0 saturated carbocycles. The minimum absolute atomic E-state index is 0.110. The second-order valence-electron chi connectivity index (χ2n) is 6.64. The molecule has 1 atom stereocenters. The summed E-state index contributed by atoms with van der Waals surface area (Å²) in [5.74, 6) is 0. The highest BCUT2D eigenvalue weighted by Crippen LogP contribution is 2.37. The first-order chi connectivity index (χ1) is 10.6. The van der Waals surface area contributed by atoms with Gasteiger partial charge in [-0.2, -0.15) is 0 Å². The molecule has 0 radical (unpaired) electrons. The predicted molar refractivity (Wildman–Crippen MR) is 86.0 cm³/mol. The predicted octanol–water partition coefficient (Wildman–Crippen LogP) is 3.43. The van der Waals surface area contributed by atoms with Crippen LogP contribution in [0.2, 0.25) is 0 Å². The van der Waals surface area contributed by atoms with Crippen molar-refractivity contribution in [3.8, 4) is 0 Å². The quantitative estimate of drug-likeness (QED) is 0.801. The molecule has 6 nitrogen and oxygen atoms in total. The Bertz CT molecular complexity index is 522. The van der Waals surface area contributed by atoms with Crippen molar-refractivity contribution in [3.05, 3.63) is 35.9 Å². The zero-order valence-corrected chi connectivity index (χ0v) is 14.3. The third kappa shape index (κ3) is 5.25. The number of nitrogens with zero attached hydrogens (tertiary/aromatic N) is 1. The molecule has 0 aliphatic carbocycles. The van der Waals surface area contributed by atoms with Gasteiger partial charge in [-0.1, -0.05) is 30.3 Å². The molecule has 6 heteroatoms. The number of rotatable bonds is 1. The molecule has 1 unspecified atom stereocenters. The van der Waals surface area contributed by atoms with Crippen LogP contribution < -0.4 is 0 Å². The third-order valence-electron chi connectivity index (χ3n) is 3.26. The molecule has 1 saturated heterocycles. The maximum Gasteiger partial charge on any atom is 0.413 e. The van der Waals surface area contributed by atoms with Gasteiger partial charge in [0.1, 0.15) is 11.3 Å². The van der Waals surface area contributed by atoms with Gasteiger partial charge in [0.05, 0.1) is 12.6 Å². The van der Waals surface area contributed by atoms with Crippen molar-refractivity contribution in [2.24, 2.45) is 0 Å². The van der Waals surface area contributed by atoms with E-state index in [9.17, 15) is 4.79 Å². The number of amides is 1. The Labute approximate surface area is 137 Å². The first kappa shape index (κ1) is 19.0. The van der Waals surface area contributed by atoms with Crippen LogP contribution in [0.1, 0.15) is 46.2 Å². The van der Waals surface area contributed by atoms with Crippen molar-refractivity contribution >= 4 is 12.6 Å². The van der Waals surface area contributed by atoms with E-state index in [1.54, 1.807) is 4.90 Å². The van der Waals surface area contributed by atoms with Crippen LogP contribution in [-0.2, 0) is 14.3 Å². The maximum atomic E-state index is 12.5. The Kier molecular flexibility index (Phi) is 6.15. The van der Waals surface area contributed by atoms with Gasteiger partial charge >= 0.3 is 6.09 Å². The van der Waals surface area contributed by atoms with E-state index < -0.39 is 11.3 Å². The van der Waals surface area contributed by atoms with Crippen LogP contribution in [-0.4, -0.2) is 40.5 Å². The minimum Gasteiger partial charge on any atom is -0.483 e. The Morgan fingerprint density at radius 2 is 1.87 bits per heavy atom. The van der Waals surface area contributed by atoms with Gasteiger partial charge < -0.3 is 14.6 Å². The second-order valence-corrected chi connectivity index (χ2v) is 6.64. The van der Waals surface area contributed by atoms with Gasteiger partial charge in [-0.15, -0.1) is 0 Å². The van der Waals surface area contributed by atoms with E-state index in [0.717, 1.165) is 5.56 Å². The van der Waals surface area contributed by atoms with Crippen LogP contribution in [0, 0.1) is 0 Å². The van der Waals surface area contributed by atoms with Crippen molar-refractivity contribution in [3.63, 3.8) is 0 Å². The molecule has 1 aliphatic heterocycles. The molecule has 1 heterocycles. The molecule has 128 valence electrons. The summed E-state index contributed by atoms with van der Waals surface area (Å²) in [7, 11) is 0. The molecule has 1 fully saturated rings. The van der Waals surface area contributed by atoms with Crippen molar-refractivity contribution in [2.75, 3.05) is 6.61 Å². The maximum absolute atomic E-state index is 12.5. The smallest absolute Gasteiger partial charge is 0.413 e. The number of hydrogen-bond donors (Lipinski definition) is 1. The van der Waals surface area contributed by atoms with Crippen molar-refractivity contribution < 1.29 is 24.2 Å². The van der Waals surface area contributed by atoms with E-state index in [-0.39, 0.29) is 18.6 Å². The van der Waals surface area contributed by atoms with E-state index in [2.05, 4.69) is 0 Å². The van der Waals surface area contributed by atoms with Gasteiger partial charge in [0.15, 0.2) is 0 Å². The lowest BCUT2D eigenvalue weighted by Crippen LogP contribution is -2.47. The number of benzene rings is 1. The van der Waals surface area contributed by atoms with Gasteiger partial charge in [-0.3, -0.25) is 9.69 Å². The van der Waals surface area contributed by atoms with E-state index >= 15 is 0 Å². The van der Waals surface area contributed by atoms with E-state index in [1.807, 2.05) is 65.0 Å². The minimum atomic E-state index is -0.664. The molecule has 1 aromatic carbocycles. The number of hydrogen-bond acceptors (Lipinski definition) is 4. The van der Waals surface area contributed by atoms with Crippen LogP contribution in [0.3, 0.4) is 0 Å². The van der Waals surface area contributed by atoms with Gasteiger partial charge in [0, 0.05) is 0 Å². The van der Waals surface area contributed by atoms with E-state index in [1.165, 1.54) is 0 Å². The molecule has 0 aromatic heterocycles. The average molecular weight is 323 g/mol. The van der Waals surface area contributed by atoms with Crippen LogP contribution in [0.25, 0.3) is 0 Å². The Balaban J connectivity index is 0.000000816. The monoisotopic (exact) mass is 323 g/mol. The SMILES string of the molecule is CC(C)(C)OC(=O)N1C(c2ccccc2)COC1(C)C.O=CO. The van der Waals surface area contributed by atoms with Crippen molar-refractivity contribution in [1.29, 1.82) is 0 Å². The highest BCUT2D eigenvalue weighted by Gasteiger charge is 2.46. The Morgan fingerprint density at radius 1 is 1.35 bits per heavy atom. The van der Waals surface area contributed by atoms with E-state index in [0.29, 0.717) is 6.61 Å². The number of ether oxygens (including phenoxy) is 2. The first-order valence-electron chi connectivity index (χ1n) is 7.41. The zero-order valence-electron chi connectivity index (χ0n) is 14.3. The fourth-order valence-electron chi connectivity index (χ4n) is 2.38. The van der Waals surface area contributed by atoms with Gasteiger partial charge in [0.2, 0.25) is 0 Å². The molecule has 1 N–H and O–H groups in total. The fraction of sp³-hybridized carbons (Fsp3) is 0.529. The summed E-state index contributed by atoms with van der Waals surface area (Å²) in [5.41, 5.74) is -0.122. The lowest BCUT2D eigenvalue weighted by Gasteiger charge is -2.35.